The van der Waals surface area contributed by atoms with Crippen LogP contribution in [0.3, 0.4) is 0 Å². The smallest absolute Gasteiger partial charge is 0.0364 e. The van der Waals surface area contributed by atoms with Gasteiger partial charge in [-0.3, -0.25) is 0 Å². The molecule has 1 N–H and O–H groups in total. The molecule has 2 heteroatoms. The molecular formula is C16H28N2. The lowest BCUT2D eigenvalue weighted by Gasteiger charge is -2.26. The van der Waals surface area contributed by atoms with Gasteiger partial charge in [0.1, 0.15) is 0 Å². The maximum atomic E-state index is 3.57. The average Bonchev–Trinajstić information content (AvgIpc) is 2.39. The topological polar surface area (TPSA) is 15.3 Å². The number of nitrogens with zero attached hydrogens (tertiary/aromatic N) is 1. The van der Waals surface area contributed by atoms with Crippen molar-refractivity contribution in [3.05, 3.63) is 29.8 Å². The van der Waals surface area contributed by atoms with Gasteiger partial charge in [0, 0.05) is 25.3 Å². The largest absolute Gasteiger partial charge is 0.373 e. The molecule has 0 aliphatic carbocycles. The standard InChI is InChI=1S/C16H28N2/c1-5-8-15(17-7-3)13-18(4)16-11-9-14(6-2)10-12-16/h9-12,15,17H,5-8,13H2,1-4H3. The van der Waals surface area contributed by atoms with Crippen molar-refractivity contribution in [1.82, 2.24) is 5.32 Å². The predicted molar refractivity (Wildman–Crippen MR) is 81.5 cm³/mol. The van der Waals surface area contributed by atoms with Gasteiger partial charge in [-0.05, 0) is 37.1 Å². The number of hydrogen-bond donors (Lipinski definition) is 1. The first-order valence-electron chi connectivity index (χ1n) is 7.24. The van der Waals surface area contributed by atoms with Gasteiger partial charge in [-0.1, -0.05) is 39.3 Å². The normalized spacial score (nSPS) is 12.4. The third-order valence-corrected chi connectivity index (χ3v) is 3.41. The van der Waals surface area contributed by atoms with Crippen molar-refractivity contribution in [2.75, 3.05) is 25.0 Å². The number of nitrogens with one attached hydrogen (secondary N) is 1. The van der Waals surface area contributed by atoms with Crippen molar-refractivity contribution in [2.24, 2.45) is 0 Å². The van der Waals surface area contributed by atoms with Crippen molar-refractivity contribution < 1.29 is 0 Å². The van der Waals surface area contributed by atoms with E-state index in [1.54, 1.807) is 0 Å². The van der Waals surface area contributed by atoms with Crippen LogP contribution in [-0.4, -0.2) is 26.2 Å². The Morgan fingerprint density at radius 1 is 1.11 bits per heavy atom. The Balaban J connectivity index is 2.58. The van der Waals surface area contributed by atoms with Gasteiger partial charge in [0.15, 0.2) is 0 Å². The van der Waals surface area contributed by atoms with Crippen LogP contribution in [0.15, 0.2) is 24.3 Å². The molecule has 1 atom stereocenters. The van der Waals surface area contributed by atoms with Gasteiger partial charge < -0.3 is 10.2 Å². The van der Waals surface area contributed by atoms with Gasteiger partial charge in [0.05, 0.1) is 0 Å². The summed E-state index contributed by atoms with van der Waals surface area (Å²) in [4.78, 5) is 2.35. The summed E-state index contributed by atoms with van der Waals surface area (Å²) < 4.78 is 0. The zero-order valence-electron chi connectivity index (χ0n) is 12.4. The monoisotopic (exact) mass is 248 g/mol. The molecule has 0 spiro atoms. The lowest BCUT2D eigenvalue weighted by atomic mass is 10.1. The molecule has 2 nitrogen and oxygen atoms in total. The fourth-order valence-electron chi connectivity index (χ4n) is 2.32. The van der Waals surface area contributed by atoms with Gasteiger partial charge >= 0.3 is 0 Å². The van der Waals surface area contributed by atoms with Crippen LogP contribution in [0.2, 0.25) is 0 Å². The number of likely N-dealkylation sites (N-methyl/N-ethyl adjacent to an activating group) is 2. The molecule has 18 heavy (non-hydrogen) atoms. The number of hydrogen-bond acceptors (Lipinski definition) is 2. The quantitative estimate of drug-likeness (QED) is 0.758. The summed E-state index contributed by atoms with van der Waals surface area (Å²) in [5.74, 6) is 0. The van der Waals surface area contributed by atoms with Crippen molar-refractivity contribution >= 4 is 5.69 Å². The highest BCUT2D eigenvalue weighted by Gasteiger charge is 2.09. The van der Waals surface area contributed by atoms with E-state index in [1.807, 2.05) is 0 Å². The van der Waals surface area contributed by atoms with E-state index < -0.39 is 0 Å². The van der Waals surface area contributed by atoms with Crippen molar-refractivity contribution in [2.45, 2.75) is 46.1 Å². The Morgan fingerprint density at radius 3 is 2.28 bits per heavy atom. The number of anilines is 1. The third kappa shape index (κ3) is 4.69. The Bertz CT molecular complexity index is 312. The molecule has 0 heterocycles. The maximum absolute atomic E-state index is 3.57. The van der Waals surface area contributed by atoms with Crippen LogP contribution >= 0.6 is 0 Å². The van der Waals surface area contributed by atoms with Crippen LogP contribution in [0.5, 0.6) is 0 Å². The molecule has 0 fully saturated rings. The Kier molecular flexibility index (Phi) is 6.81. The molecule has 0 amide bonds. The molecule has 0 bridgehead atoms. The minimum atomic E-state index is 0.593. The van der Waals surface area contributed by atoms with Gasteiger partial charge in [-0.2, -0.15) is 0 Å². The number of benzene rings is 1. The van der Waals surface area contributed by atoms with E-state index >= 15 is 0 Å². The summed E-state index contributed by atoms with van der Waals surface area (Å²) in [6.07, 6.45) is 3.59. The molecule has 0 saturated heterocycles. The van der Waals surface area contributed by atoms with Gasteiger partial charge in [0.25, 0.3) is 0 Å². The van der Waals surface area contributed by atoms with Crippen LogP contribution in [0.1, 0.15) is 39.2 Å². The molecule has 0 aromatic heterocycles. The molecule has 0 radical (unpaired) electrons. The van der Waals surface area contributed by atoms with Gasteiger partial charge in [-0.25, -0.2) is 0 Å². The molecule has 1 aromatic carbocycles. The highest BCUT2D eigenvalue weighted by Crippen LogP contribution is 2.15. The van der Waals surface area contributed by atoms with E-state index in [2.05, 4.69) is 62.3 Å². The van der Waals surface area contributed by atoms with Crippen LogP contribution in [0.4, 0.5) is 5.69 Å². The molecule has 0 saturated carbocycles. The highest BCUT2D eigenvalue weighted by molar-refractivity contribution is 5.47. The molecule has 102 valence electrons. The van der Waals surface area contributed by atoms with Gasteiger partial charge in [-0.15, -0.1) is 0 Å². The van der Waals surface area contributed by atoms with Gasteiger partial charge in [0.2, 0.25) is 0 Å². The fraction of sp³-hybridized carbons (Fsp3) is 0.625. The third-order valence-electron chi connectivity index (χ3n) is 3.41. The molecular weight excluding hydrogens is 220 g/mol. The first-order valence-corrected chi connectivity index (χ1v) is 7.24. The SMILES string of the molecule is CCCC(CN(C)c1ccc(CC)cc1)NCC. The lowest BCUT2D eigenvalue weighted by Crippen LogP contribution is -2.39. The first-order chi connectivity index (χ1) is 8.71. The Morgan fingerprint density at radius 2 is 1.78 bits per heavy atom. The van der Waals surface area contributed by atoms with Crippen molar-refractivity contribution in [3.63, 3.8) is 0 Å². The van der Waals surface area contributed by atoms with Crippen molar-refractivity contribution in [3.8, 4) is 0 Å². The molecule has 1 aromatic rings. The Hall–Kier alpha value is -1.02. The van der Waals surface area contributed by atoms with E-state index in [1.165, 1.54) is 24.1 Å². The van der Waals surface area contributed by atoms with Crippen LogP contribution < -0.4 is 10.2 Å². The maximum Gasteiger partial charge on any atom is 0.0364 e. The van der Waals surface area contributed by atoms with E-state index in [-0.39, 0.29) is 0 Å². The zero-order valence-corrected chi connectivity index (χ0v) is 12.4. The summed E-state index contributed by atoms with van der Waals surface area (Å²) >= 11 is 0. The highest BCUT2D eigenvalue weighted by atomic mass is 15.1. The van der Waals surface area contributed by atoms with E-state index in [0.717, 1.165) is 19.5 Å². The average molecular weight is 248 g/mol. The molecule has 0 aliphatic rings. The molecule has 1 rings (SSSR count). The van der Waals surface area contributed by atoms with Crippen LogP contribution in [-0.2, 0) is 6.42 Å². The number of aryl methyl sites for hydroxylation is 1. The minimum Gasteiger partial charge on any atom is -0.373 e. The van der Waals surface area contributed by atoms with Crippen LogP contribution in [0, 0.1) is 0 Å². The van der Waals surface area contributed by atoms with E-state index in [4.69, 9.17) is 0 Å². The lowest BCUT2D eigenvalue weighted by molar-refractivity contribution is 0.488. The second kappa shape index (κ2) is 8.15. The summed E-state index contributed by atoms with van der Waals surface area (Å²) in [5.41, 5.74) is 2.72. The predicted octanol–water partition coefficient (Wildman–Crippen LogP) is 3.46. The Labute approximate surface area is 112 Å². The number of rotatable bonds is 8. The minimum absolute atomic E-state index is 0.593. The second-order valence-electron chi connectivity index (χ2n) is 4.94. The summed E-state index contributed by atoms with van der Waals surface area (Å²) in [6.45, 7) is 8.75. The van der Waals surface area contributed by atoms with Crippen LogP contribution in [0.25, 0.3) is 0 Å². The molecule has 0 aliphatic heterocycles. The van der Waals surface area contributed by atoms with E-state index in [0.29, 0.717) is 6.04 Å². The van der Waals surface area contributed by atoms with Crippen molar-refractivity contribution in [1.29, 1.82) is 0 Å². The zero-order chi connectivity index (χ0) is 13.4. The van der Waals surface area contributed by atoms with E-state index in [9.17, 15) is 0 Å². The second-order valence-corrected chi connectivity index (χ2v) is 4.94. The molecule has 1 unspecified atom stereocenters. The fourth-order valence-corrected chi connectivity index (χ4v) is 2.32. The summed E-state index contributed by atoms with van der Waals surface area (Å²) in [6, 6.07) is 9.51. The summed E-state index contributed by atoms with van der Waals surface area (Å²) in [7, 11) is 2.18. The summed E-state index contributed by atoms with van der Waals surface area (Å²) in [5, 5.41) is 3.57. The first kappa shape index (κ1) is 15.0.